The van der Waals surface area contributed by atoms with Crippen molar-refractivity contribution in [1.29, 1.82) is 0 Å². The summed E-state index contributed by atoms with van der Waals surface area (Å²) in [5, 5.41) is 0. The number of rotatable bonds is 8. The monoisotopic (exact) mass is 182 g/mol. The van der Waals surface area contributed by atoms with Crippen LogP contribution in [0.2, 0.25) is 25.3 Å². The maximum atomic E-state index is 3.80. The minimum Gasteiger partial charge on any atom is -0.159 e. The maximum Gasteiger partial charge on any atom is 1.00 e. The summed E-state index contributed by atoms with van der Waals surface area (Å²) in [6.45, 7) is 15.2. The third-order valence-electron chi connectivity index (χ3n) is 2.67. The quantitative estimate of drug-likeness (QED) is 0.390. The molecule has 2 heteroatoms. The van der Waals surface area contributed by atoms with Crippen LogP contribution in [0.4, 0.5) is 0 Å². The van der Waals surface area contributed by atoms with Crippen molar-refractivity contribution in [3.05, 3.63) is 50.6 Å². The second kappa shape index (κ2) is 9.19. The Hall–Kier alpha value is -0.378. The summed E-state index contributed by atoms with van der Waals surface area (Å²) in [7, 11) is 0. The first-order valence-corrected chi connectivity index (χ1v) is 4.90. The molecule has 0 heterocycles. The summed E-state index contributed by atoms with van der Waals surface area (Å²) in [4.78, 5) is 0. The Morgan fingerprint density at radius 1 is 0.643 bits per heavy atom. The van der Waals surface area contributed by atoms with Gasteiger partial charge in [0.15, 0.2) is 0 Å². The van der Waals surface area contributed by atoms with Gasteiger partial charge in [0.2, 0.25) is 0 Å². The molecule has 0 saturated carbocycles. The van der Waals surface area contributed by atoms with Crippen molar-refractivity contribution in [3.63, 3.8) is 0 Å². The van der Waals surface area contributed by atoms with Gasteiger partial charge in [-0.1, -0.05) is 0 Å². The van der Waals surface area contributed by atoms with E-state index in [4.69, 9.17) is 0 Å². The molecule has 0 atom stereocenters. The smallest absolute Gasteiger partial charge is 0.159 e. The second-order valence-electron chi connectivity index (χ2n) is 3.83. The first-order valence-electron chi connectivity index (χ1n) is 4.90. The fourth-order valence-corrected chi connectivity index (χ4v) is 1.99. The van der Waals surface area contributed by atoms with Crippen molar-refractivity contribution in [2.45, 2.75) is 25.3 Å². The summed E-state index contributed by atoms with van der Waals surface area (Å²) < 4.78 is 0. The van der Waals surface area contributed by atoms with Crippen LogP contribution in [0.1, 0.15) is 0 Å². The van der Waals surface area contributed by atoms with Crippen LogP contribution < -0.4 is 18.9 Å². The van der Waals surface area contributed by atoms with Crippen LogP contribution >= 0.6 is 0 Å². The van der Waals surface area contributed by atoms with Gasteiger partial charge in [0.05, 0.1) is 0 Å². The molecular formula is C12H20BLi. The van der Waals surface area contributed by atoms with Gasteiger partial charge >= 0.3 is 18.9 Å². The van der Waals surface area contributed by atoms with Crippen molar-refractivity contribution in [1.82, 2.24) is 0 Å². The van der Waals surface area contributed by atoms with Crippen molar-refractivity contribution < 1.29 is 18.9 Å². The van der Waals surface area contributed by atoms with Crippen molar-refractivity contribution in [3.8, 4) is 0 Å². The van der Waals surface area contributed by atoms with E-state index in [1.165, 1.54) is 0 Å². The van der Waals surface area contributed by atoms with Crippen LogP contribution in [-0.4, -0.2) is 6.15 Å². The summed E-state index contributed by atoms with van der Waals surface area (Å²) in [6.07, 6.45) is 11.8. The Kier molecular flexibility index (Phi) is 10.5. The maximum absolute atomic E-state index is 3.80. The van der Waals surface area contributed by atoms with Crippen LogP contribution in [0.5, 0.6) is 0 Å². The molecule has 0 nitrogen and oxygen atoms in total. The standard InChI is InChI=1S/C12H20B.Li/c1-5-9-13(10-6-2,11-7-3)12-8-4;/h5-8H,1-4,9-12H2;/q-1;+1. The minimum absolute atomic E-state index is 0. The van der Waals surface area contributed by atoms with E-state index >= 15 is 0 Å². The molecule has 0 aliphatic rings. The molecule has 0 radical (unpaired) electrons. The van der Waals surface area contributed by atoms with Crippen molar-refractivity contribution in [2.75, 3.05) is 0 Å². The molecule has 72 valence electrons. The fraction of sp³-hybridized carbons (Fsp3) is 0.333. The zero-order valence-electron chi connectivity index (χ0n) is 9.54. The van der Waals surface area contributed by atoms with Crippen LogP contribution in [0.3, 0.4) is 0 Å². The minimum atomic E-state index is -0.444. The Bertz CT molecular complexity index is 151. The molecule has 0 aromatic carbocycles. The second-order valence-corrected chi connectivity index (χ2v) is 3.83. The Balaban J connectivity index is 0. The molecule has 0 bridgehead atoms. The number of hydrogen-bond acceptors (Lipinski definition) is 0. The van der Waals surface area contributed by atoms with Crippen LogP contribution in [0.25, 0.3) is 0 Å². The predicted molar refractivity (Wildman–Crippen MR) is 65.8 cm³/mol. The molecule has 0 aliphatic heterocycles. The van der Waals surface area contributed by atoms with Crippen LogP contribution in [0, 0.1) is 0 Å². The Morgan fingerprint density at radius 2 is 0.857 bits per heavy atom. The van der Waals surface area contributed by atoms with Gasteiger partial charge in [0.25, 0.3) is 0 Å². The van der Waals surface area contributed by atoms with E-state index in [1.807, 2.05) is 24.3 Å². The Labute approximate surface area is 101 Å². The van der Waals surface area contributed by atoms with Gasteiger partial charge in [-0.15, -0.1) is 50.6 Å². The first-order chi connectivity index (χ1) is 6.24. The molecule has 0 rings (SSSR count). The third kappa shape index (κ3) is 5.37. The summed E-state index contributed by atoms with van der Waals surface area (Å²) >= 11 is 0. The molecule has 0 amide bonds. The average molecular weight is 182 g/mol. The molecule has 0 aliphatic carbocycles. The normalized spacial score (nSPS) is 9.71. The SMILES string of the molecule is C=CC[B-](CC=C)(CC=C)CC=C.[Li+]. The molecule has 0 aromatic heterocycles. The summed E-state index contributed by atoms with van der Waals surface area (Å²) in [6, 6.07) is 0. The van der Waals surface area contributed by atoms with E-state index in [1.54, 1.807) is 0 Å². The van der Waals surface area contributed by atoms with Gasteiger partial charge in [0.1, 0.15) is 0 Å². The summed E-state index contributed by atoms with van der Waals surface area (Å²) in [5.41, 5.74) is 0. The van der Waals surface area contributed by atoms with E-state index in [2.05, 4.69) is 26.3 Å². The van der Waals surface area contributed by atoms with Crippen LogP contribution in [0.15, 0.2) is 50.6 Å². The van der Waals surface area contributed by atoms with Gasteiger partial charge in [0, 0.05) is 6.15 Å². The van der Waals surface area contributed by atoms with Gasteiger partial charge in [-0.05, 0) is 0 Å². The zero-order valence-corrected chi connectivity index (χ0v) is 9.54. The topological polar surface area (TPSA) is 0 Å². The van der Waals surface area contributed by atoms with E-state index in [9.17, 15) is 0 Å². The average Bonchev–Trinajstić information content (AvgIpc) is 2.06. The van der Waals surface area contributed by atoms with Gasteiger partial charge < -0.3 is 0 Å². The first kappa shape index (κ1) is 16.1. The largest absolute Gasteiger partial charge is 1.00 e. The zero-order chi connectivity index (χ0) is 10.2. The van der Waals surface area contributed by atoms with Crippen molar-refractivity contribution >= 4 is 6.15 Å². The Morgan fingerprint density at radius 3 is 1.00 bits per heavy atom. The van der Waals surface area contributed by atoms with E-state index in [0.29, 0.717) is 0 Å². The third-order valence-corrected chi connectivity index (χ3v) is 2.67. The van der Waals surface area contributed by atoms with Gasteiger partial charge in [-0.2, -0.15) is 25.3 Å². The fourth-order valence-electron chi connectivity index (χ4n) is 1.99. The van der Waals surface area contributed by atoms with Crippen molar-refractivity contribution in [2.24, 2.45) is 0 Å². The van der Waals surface area contributed by atoms with E-state index in [0.717, 1.165) is 25.3 Å². The van der Waals surface area contributed by atoms with Crippen LogP contribution in [-0.2, 0) is 0 Å². The van der Waals surface area contributed by atoms with E-state index in [-0.39, 0.29) is 18.9 Å². The van der Waals surface area contributed by atoms with E-state index < -0.39 is 6.15 Å². The molecule has 0 spiro atoms. The molecule has 0 aromatic rings. The molecule has 0 N–H and O–H groups in total. The molecule has 0 unspecified atom stereocenters. The van der Waals surface area contributed by atoms with Gasteiger partial charge in [-0.3, -0.25) is 0 Å². The number of hydrogen-bond donors (Lipinski definition) is 0. The molecule has 0 saturated heterocycles. The van der Waals surface area contributed by atoms with Gasteiger partial charge in [-0.25, -0.2) is 0 Å². The summed E-state index contributed by atoms with van der Waals surface area (Å²) in [5.74, 6) is 0. The molecule has 0 fully saturated rings. The number of allylic oxidation sites excluding steroid dienone is 4. The molecular weight excluding hydrogens is 162 g/mol. The molecule has 14 heavy (non-hydrogen) atoms. The predicted octanol–water partition coefficient (Wildman–Crippen LogP) is 1.18.